The van der Waals surface area contributed by atoms with E-state index in [1.54, 1.807) is 0 Å². The Balaban J connectivity index is 2.84. The van der Waals surface area contributed by atoms with Gasteiger partial charge in [-0.3, -0.25) is 9.59 Å². The summed E-state index contributed by atoms with van der Waals surface area (Å²) in [4.78, 5) is 48.6. The number of nitrogens with one attached hydrogen (secondary N) is 3. The summed E-state index contributed by atoms with van der Waals surface area (Å²) in [6, 6.07) is 7.49. The minimum absolute atomic E-state index is 0.0747. The lowest BCUT2D eigenvalue weighted by molar-refractivity contribution is -0.131. The van der Waals surface area contributed by atoms with Gasteiger partial charge in [0, 0.05) is 0 Å². The zero-order chi connectivity index (χ0) is 25.7. The molecule has 0 bridgehead atoms. The van der Waals surface area contributed by atoms with Crippen LogP contribution in [0.2, 0.25) is 0 Å². The number of aryl methyl sites for hydroxylation is 1. The zero-order valence-electron chi connectivity index (χ0n) is 21.0. The van der Waals surface area contributed by atoms with Crippen LogP contribution < -0.4 is 16.0 Å². The van der Waals surface area contributed by atoms with E-state index in [1.165, 1.54) is 5.56 Å². The highest BCUT2D eigenvalue weighted by molar-refractivity contribution is 5.92. The van der Waals surface area contributed by atoms with E-state index in [1.807, 2.05) is 65.0 Å². The molecule has 0 spiro atoms. The van der Waals surface area contributed by atoms with Crippen LogP contribution in [-0.2, 0) is 20.8 Å². The second kappa shape index (κ2) is 15.1. The Morgan fingerprint density at radius 2 is 1.38 bits per heavy atom. The summed E-state index contributed by atoms with van der Waals surface area (Å²) in [6.07, 6.45) is 2.21. The van der Waals surface area contributed by atoms with E-state index in [-0.39, 0.29) is 17.8 Å². The van der Waals surface area contributed by atoms with Gasteiger partial charge in [-0.1, -0.05) is 65.0 Å². The molecule has 0 heterocycles. The third-order valence-corrected chi connectivity index (χ3v) is 5.58. The van der Waals surface area contributed by atoms with E-state index >= 15 is 0 Å². The van der Waals surface area contributed by atoms with Crippen LogP contribution in [0.3, 0.4) is 0 Å². The molecule has 1 aromatic carbocycles. The van der Waals surface area contributed by atoms with E-state index in [9.17, 15) is 24.3 Å². The molecule has 0 saturated carbocycles. The molecule has 0 saturated heterocycles. The van der Waals surface area contributed by atoms with Gasteiger partial charge < -0.3 is 25.9 Å². The average Bonchev–Trinajstić information content (AvgIpc) is 2.76. The van der Waals surface area contributed by atoms with Crippen molar-refractivity contribution in [3.8, 4) is 0 Å². The number of aldehydes is 1. The molecule has 0 aliphatic carbocycles. The lowest BCUT2D eigenvalue weighted by atomic mass is 9.94. The van der Waals surface area contributed by atoms with Crippen molar-refractivity contribution in [3.63, 3.8) is 0 Å². The summed E-state index contributed by atoms with van der Waals surface area (Å²) >= 11 is 0. The summed E-state index contributed by atoms with van der Waals surface area (Å²) in [5, 5.41) is 17.0. The molecule has 1 aromatic rings. The number of carbonyl (C=O) groups excluding carboxylic acids is 3. The molecule has 34 heavy (non-hydrogen) atoms. The van der Waals surface area contributed by atoms with Crippen LogP contribution in [0.4, 0.5) is 4.79 Å². The predicted octanol–water partition coefficient (Wildman–Crippen LogP) is 3.54. The number of amides is 3. The molecule has 0 fully saturated rings. The highest BCUT2D eigenvalue weighted by Gasteiger charge is 2.29. The third kappa shape index (κ3) is 11.8. The molecule has 8 heteroatoms. The normalized spacial score (nSPS) is 14.7. The lowest BCUT2D eigenvalue weighted by Gasteiger charge is -2.26. The van der Waals surface area contributed by atoms with Crippen molar-refractivity contribution in [1.29, 1.82) is 0 Å². The van der Waals surface area contributed by atoms with E-state index < -0.39 is 36.0 Å². The molecular formula is C26H41N3O5. The fourth-order valence-corrected chi connectivity index (χ4v) is 3.87. The first-order valence-corrected chi connectivity index (χ1v) is 12.1. The highest BCUT2D eigenvalue weighted by Crippen LogP contribution is 2.16. The molecule has 0 radical (unpaired) electrons. The highest BCUT2D eigenvalue weighted by atomic mass is 16.4. The number of rotatable bonds is 15. The first kappa shape index (κ1) is 29.1. The standard InChI is InChI=1S/C26H41N3O5/c1-17(2)13-21(16-30)27-24(31)22(14-18(3)4)28-25(32)23(29-26(33)34)15-19(5)11-12-20-9-7-6-8-10-20/h6-10,16-19,21-23,29H,11-15H2,1-5H3,(H,27,31)(H,28,32)(H,33,34)/t19-,21-,22-,23?/m0/s1. The maximum absolute atomic E-state index is 13.0. The molecule has 3 amide bonds. The van der Waals surface area contributed by atoms with Gasteiger partial charge in [-0.2, -0.15) is 0 Å². The average molecular weight is 476 g/mol. The summed E-state index contributed by atoms with van der Waals surface area (Å²) in [6.45, 7) is 9.74. The first-order valence-electron chi connectivity index (χ1n) is 12.1. The monoisotopic (exact) mass is 475 g/mol. The second-order valence-corrected chi connectivity index (χ2v) is 9.94. The van der Waals surface area contributed by atoms with Gasteiger partial charge in [0.15, 0.2) is 0 Å². The van der Waals surface area contributed by atoms with E-state index in [4.69, 9.17) is 0 Å². The van der Waals surface area contributed by atoms with Crippen LogP contribution >= 0.6 is 0 Å². The van der Waals surface area contributed by atoms with Gasteiger partial charge in [0.1, 0.15) is 18.4 Å². The number of carboxylic acid groups (broad SMARTS) is 1. The van der Waals surface area contributed by atoms with Gasteiger partial charge in [0.05, 0.1) is 6.04 Å². The number of hydrogen-bond acceptors (Lipinski definition) is 4. The SMILES string of the molecule is CC(C)C[C@@H](C=O)NC(=O)[C@H](CC(C)C)NC(=O)C(C[C@@H](C)CCc1ccccc1)NC(=O)O. The van der Waals surface area contributed by atoms with Crippen LogP contribution in [0, 0.1) is 17.8 Å². The van der Waals surface area contributed by atoms with Crippen molar-refractivity contribution in [2.75, 3.05) is 0 Å². The molecule has 4 N–H and O–H groups in total. The minimum atomic E-state index is -1.29. The maximum Gasteiger partial charge on any atom is 0.405 e. The molecule has 8 nitrogen and oxygen atoms in total. The molecule has 1 unspecified atom stereocenters. The van der Waals surface area contributed by atoms with E-state index in [0.717, 1.165) is 12.8 Å². The maximum atomic E-state index is 13.0. The Bertz CT molecular complexity index is 782. The van der Waals surface area contributed by atoms with Crippen LogP contribution in [0.25, 0.3) is 0 Å². The molecule has 190 valence electrons. The molecular weight excluding hydrogens is 434 g/mol. The van der Waals surface area contributed by atoms with Crippen LogP contribution in [0.5, 0.6) is 0 Å². The predicted molar refractivity (Wildman–Crippen MR) is 132 cm³/mol. The first-order chi connectivity index (χ1) is 16.0. The van der Waals surface area contributed by atoms with Gasteiger partial charge in [0.2, 0.25) is 11.8 Å². The van der Waals surface area contributed by atoms with Gasteiger partial charge in [-0.05, 0) is 55.4 Å². The molecule has 0 aliphatic rings. The fraction of sp³-hybridized carbons (Fsp3) is 0.615. The van der Waals surface area contributed by atoms with E-state index in [0.29, 0.717) is 25.5 Å². The number of benzene rings is 1. The number of hydrogen-bond donors (Lipinski definition) is 4. The Morgan fingerprint density at radius 3 is 1.91 bits per heavy atom. The smallest absolute Gasteiger partial charge is 0.405 e. The second-order valence-electron chi connectivity index (χ2n) is 9.94. The Hall–Kier alpha value is -2.90. The third-order valence-electron chi connectivity index (χ3n) is 5.58. The van der Waals surface area contributed by atoms with Crippen LogP contribution in [0.1, 0.15) is 65.9 Å². The van der Waals surface area contributed by atoms with Gasteiger partial charge in [0.25, 0.3) is 0 Å². The summed E-state index contributed by atoms with van der Waals surface area (Å²) in [5.41, 5.74) is 1.18. The van der Waals surface area contributed by atoms with Crippen molar-refractivity contribution in [2.45, 2.75) is 84.8 Å². The van der Waals surface area contributed by atoms with Crippen molar-refractivity contribution in [1.82, 2.24) is 16.0 Å². The van der Waals surface area contributed by atoms with E-state index in [2.05, 4.69) is 16.0 Å². The zero-order valence-corrected chi connectivity index (χ0v) is 21.0. The molecule has 0 aromatic heterocycles. The fourth-order valence-electron chi connectivity index (χ4n) is 3.87. The Kier molecular flexibility index (Phi) is 12.9. The van der Waals surface area contributed by atoms with Gasteiger partial charge in [-0.25, -0.2) is 4.79 Å². The Labute approximate surface area is 203 Å². The van der Waals surface area contributed by atoms with Crippen LogP contribution in [0.15, 0.2) is 30.3 Å². The number of carbonyl (C=O) groups is 4. The van der Waals surface area contributed by atoms with Crippen molar-refractivity contribution in [2.24, 2.45) is 17.8 Å². The Morgan fingerprint density at radius 1 is 0.824 bits per heavy atom. The molecule has 4 atom stereocenters. The summed E-state index contributed by atoms with van der Waals surface area (Å²) in [7, 11) is 0. The lowest BCUT2D eigenvalue weighted by Crippen LogP contribution is -2.55. The van der Waals surface area contributed by atoms with Crippen LogP contribution in [-0.4, -0.2) is 47.4 Å². The van der Waals surface area contributed by atoms with Crippen molar-refractivity contribution >= 4 is 24.2 Å². The van der Waals surface area contributed by atoms with Crippen molar-refractivity contribution < 1.29 is 24.3 Å². The quantitative estimate of drug-likeness (QED) is 0.289. The topological polar surface area (TPSA) is 125 Å². The van der Waals surface area contributed by atoms with Gasteiger partial charge >= 0.3 is 6.09 Å². The van der Waals surface area contributed by atoms with Gasteiger partial charge in [-0.15, -0.1) is 0 Å². The van der Waals surface area contributed by atoms with Crippen molar-refractivity contribution in [3.05, 3.63) is 35.9 Å². The summed E-state index contributed by atoms with van der Waals surface area (Å²) in [5.74, 6) is -0.584. The molecule has 0 aliphatic heterocycles. The molecule has 1 rings (SSSR count). The minimum Gasteiger partial charge on any atom is -0.465 e. The summed E-state index contributed by atoms with van der Waals surface area (Å²) < 4.78 is 0. The largest absolute Gasteiger partial charge is 0.465 e.